The number of rotatable bonds is 5. The summed E-state index contributed by atoms with van der Waals surface area (Å²) in [5, 5.41) is 3.36. The third-order valence-corrected chi connectivity index (χ3v) is 3.65. The van der Waals surface area contributed by atoms with Crippen molar-refractivity contribution < 1.29 is 4.74 Å². The van der Waals surface area contributed by atoms with E-state index in [9.17, 15) is 0 Å². The molecule has 0 saturated carbocycles. The third-order valence-electron chi connectivity index (χ3n) is 3.65. The van der Waals surface area contributed by atoms with Crippen molar-refractivity contribution in [2.45, 2.75) is 25.4 Å². The van der Waals surface area contributed by atoms with Crippen LogP contribution in [0.15, 0.2) is 24.3 Å². The predicted octanol–water partition coefficient (Wildman–Crippen LogP) is 1.88. The Morgan fingerprint density at radius 3 is 2.58 bits per heavy atom. The molecule has 1 aliphatic heterocycles. The number of terminal acetylenes is 1. The van der Waals surface area contributed by atoms with Gasteiger partial charge >= 0.3 is 0 Å². The molecule has 3 nitrogen and oxygen atoms in total. The Bertz CT molecular complexity index is 413. The molecular formula is C16H22N2O. The molecular weight excluding hydrogens is 236 g/mol. The molecule has 0 amide bonds. The topological polar surface area (TPSA) is 24.5 Å². The number of benzene rings is 1. The molecule has 102 valence electrons. The van der Waals surface area contributed by atoms with Crippen LogP contribution in [0.2, 0.25) is 0 Å². The van der Waals surface area contributed by atoms with Gasteiger partial charge in [0.1, 0.15) is 12.4 Å². The van der Waals surface area contributed by atoms with Gasteiger partial charge in [0.05, 0.1) is 0 Å². The van der Waals surface area contributed by atoms with Crippen LogP contribution in [0.4, 0.5) is 0 Å². The van der Waals surface area contributed by atoms with Gasteiger partial charge in [-0.05, 0) is 50.7 Å². The quantitative estimate of drug-likeness (QED) is 0.816. The number of nitrogens with zero attached hydrogens (tertiary/aromatic N) is 1. The zero-order valence-electron chi connectivity index (χ0n) is 11.6. The van der Waals surface area contributed by atoms with E-state index < -0.39 is 0 Å². The van der Waals surface area contributed by atoms with Crippen molar-refractivity contribution in [3.8, 4) is 18.1 Å². The summed E-state index contributed by atoms with van der Waals surface area (Å²) in [6, 6.07) is 8.92. The monoisotopic (exact) mass is 258 g/mol. The van der Waals surface area contributed by atoms with Crippen molar-refractivity contribution in [2.75, 3.05) is 26.7 Å². The molecule has 19 heavy (non-hydrogen) atoms. The second-order valence-corrected chi connectivity index (χ2v) is 4.98. The van der Waals surface area contributed by atoms with Gasteiger partial charge in [-0.15, -0.1) is 6.42 Å². The summed E-state index contributed by atoms with van der Waals surface area (Å²) in [6.45, 7) is 3.68. The van der Waals surface area contributed by atoms with Crippen LogP contribution in [0.5, 0.6) is 5.75 Å². The van der Waals surface area contributed by atoms with E-state index >= 15 is 0 Å². The minimum Gasteiger partial charge on any atom is -0.481 e. The van der Waals surface area contributed by atoms with Crippen molar-refractivity contribution in [3.63, 3.8) is 0 Å². The van der Waals surface area contributed by atoms with Crippen molar-refractivity contribution >= 4 is 0 Å². The van der Waals surface area contributed by atoms with E-state index in [0.29, 0.717) is 12.6 Å². The van der Waals surface area contributed by atoms with E-state index in [0.717, 1.165) is 12.3 Å². The summed E-state index contributed by atoms with van der Waals surface area (Å²) in [6.07, 6.45) is 7.64. The van der Waals surface area contributed by atoms with Gasteiger partial charge < -0.3 is 10.1 Å². The summed E-state index contributed by atoms with van der Waals surface area (Å²) in [7, 11) is 2.05. The molecule has 0 atom stereocenters. The summed E-state index contributed by atoms with van der Waals surface area (Å²) >= 11 is 0. The van der Waals surface area contributed by atoms with Crippen LogP contribution >= 0.6 is 0 Å². The number of ether oxygens (including phenoxy) is 1. The molecule has 0 aromatic heterocycles. The molecule has 1 aromatic carbocycles. The lowest BCUT2D eigenvalue weighted by molar-refractivity contribution is 0.194. The Morgan fingerprint density at radius 2 is 2.00 bits per heavy atom. The van der Waals surface area contributed by atoms with Gasteiger partial charge in [-0.3, -0.25) is 4.90 Å². The highest BCUT2D eigenvalue weighted by Gasteiger charge is 2.17. The molecule has 3 heteroatoms. The SMILES string of the molecule is C#CCOc1ccc(CN2CCC(NC)CC2)cc1. The van der Waals surface area contributed by atoms with Gasteiger partial charge in [-0.25, -0.2) is 0 Å². The van der Waals surface area contributed by atoms with Crippen molar-refractivity contribution in [1.29, 1.82) is 0 Å². The molecule has 1 aliphatic rings. The Hall–Kier alpha value is -1.50. The lowest BCUT2D eigenvalue weighted by Gasteiger charge is -2.31. The van der Waals surface area contributed by atoms with E-state index in [2.05, 4.69) is 35.3 Å². The lowest BCUT2D eigenvalue weighted by Crippen LogP contribution is -2.40. The van der Waals surface area contributed by atoms with Gasteiger partial charge in [0.25, 0.3) is 0 Å². The third kappa shape index (κ3) is 4.27. The maximum atomic E-state index is 5.37. The summed E-state index contributed by atoms with van der Waals surface area (Å²) in [5.41, 5.74) is 1.33. The van der Waals surface area contributed by atoms with Crippen LogP contribution in [-0.2, 0) is 6.54 Å². The molecule has 0 radical (unpaired) electrons. The summed E-state index contributed by atoms with van der Waals surface area (Å²) in [4.78, 5) is 2.51. The molecule has 2 rings (SSSR count). The molecule has 1 N–H and O–H groups in total. The molecule has 0 bridgehead atoms. The molecule has 0 spiro atoms. The highest BCUT2D eigenvalue weighted by atomic mass is 16.5. The van der Waals surface area contributed by atoms with E-state index in [1.807, 2.05) is 12.1 Å². The normalized spacial score (nSPS) is 17.1. The number of nitrogens with one attached hydrogen (secondary N) is 1. The van der Waals surface area contributed by atoms with Crippen LogP contribution < -0.4 is 10.1 Å². The zero-order chi connectivity index (χ0) is 13.5. The first-order valence-electron chi connectivity index (χ1n) is 6.86. The predicted molar refractivity (Wildman–Crippen MR) is 78.1 cm³/mol. The van der Waals surface area contributed by atoms with Crippen LogP contribution in [0.3, 0.4) is 0 Å². The second kappa shape index (κ2) is 7.18. The van der Waals surface area contributed by atoms with Gasteiger partial charge in [0.2, 0.25) is 0 Å². The number of hydrogen-bond donors (Lipinski definition) is 1. The van der Waals surface area contributed by atoms with Gasteiger partial charge in [0, 0.05) is 12.6 Å². The standard InChI is InChI=1S/C16H22N2O/c1-3-12-19-16-6-4-14(5-7-16)13-18-10-8-15(17-2)9-11-18/h1,4-7,15,17H,8-13H2,2H3. The number of hydrogen-bond acceptors (Lipinski definition) is 3. The molecule has 1 aromatic rings. The molecule has 1 saturated heterocycles. The minimum atomic E-state index is 0.330. The minimum absolute atomic E-state index is 0.330. The van der Waals surface area contributed by atoms with Crippen molar-refractivity contribution in [1.82, 2.24) is 10.2 Å². The Balaban J connectivity index is 1.81. The van der Waals surface area contributed by atoms with Gasteiger partial charge in [-0.2, -0.15) is 0 Å². The van der Waals surface area contributed by atoms with Crippen molar-refractivity contribution in [2.24, 2.45) is 0 Å². The van der Waals surface area contributed by atoms with E-state index in [4.69, 9.17) is 11.2 Å². The maximum absolute atomic E-state index is 5.37. The fourth-order valence-electron chi connectivity index (χ4n) is 2.45. The second-order valence-electron chi connectivity index (χ2n) is 4.98. The average molecular weight is 258 g/mol. The average Bonchev–Trinajstić information content (AvgIpc) is 2.47. The molecule has 1 heterocycles. The summed E-state index contributed by atoms with van der Waals surface area (Å²) in [5.74, 6) is 3.31. The first kappa shape index (κ1) is 13.9. The first-order valence-corrected chi connectivity index (χ1v) is 6.86. The highest BCUT2D eigenvalue weighted by Crippen LogP contribution is 2.16. The fourth-order valence-corrected chi connectivity index (χ4v) is 2.45. The van der Waals surface area contributed by atoms with E-state index in [1.54, 1.807) is 0 Å². The number of likely N-dealkylation sites (tertiary alicyclic amines) is 1. The fraction of sp³-hybridized carbons (Fsp3) is 0.500. The Labute approximate surface area is 115 Å². The van der Waals surface area contributed by atoms with Crippen LogP contribution in [0.1, 0.15) is 18.4 Å². The van der Waals surface area contributed by atoms with Crippen LogP contribution in [-0.4, -0.2) is 37.7 Å². The van der Waals surface area contributed by atoms with Crippen molar-refractivity contribution in [3.05, 3.63) is 29.8 Å². The van der Waals surface area contributed by atoms with Crippen LogP contribution in [0.25, 0.3) is 0 Å². The summed E-state index contributed by atoms with van der Waals surface area (Å²) < 4.78 is 5.37. The smallest absolute Gasteiger partial charge is 0.148 e. The highest BCUT2D eigenvalue weighted by molar-refractivity contribution is 5.27. The molecule has 0 aliphatic carbocycles. The van der Waals surface area contributed by atoms with Gasteiger partial charge in [-0.1, -0.05) is 18.1 Å². The zero-order valence-corrected chi connectivity index (χ0v) is 11.6. The largest absolute Gasteiger partial charge is 0.481 e. The van der Waals surface area contributed by atoms with E-state index in [1.165, 1.54) is 31.5 Å². The molecule has 1 fully saturated rings. The first-order chi connectivity index (χ1) is 9.31. The van der Waals surface area contributed by atoms with Crippen LogP contribution in [0, 0.1) is 12.3 Å². The Kier molecular flexibility index (Phi) is 5.26. The Morgan fingerprint density at radius 1 is 1.32 bits per heavy atom. The lowest BCUT2D eigenvalue weighted by atomic mass is 10.0. The maximum Gasteiger partial charge on any atom is 0.148 e. The van der Waals surface area contributed by atoms with Gasteiger partial charge in [0.15, 0.2) is 0 Å². The van der Waals surface area contributed by atoms with E-state index in [-0.39, 0.29) is 0 Å². The molecule has 0 unspecified atom stereocenters. The number of piperidine rings is 1.